The minimum Gasteiger partial charge on any atom is -0.271 e. The van der Waals surface area contributed by atoms with Gasteiger partial charge in [-0.05, 0) is 25.0 Å². The van der Waals surface area contributed by atoms with Crippen molar-refractivity contribution >= 4 is 0 Å². The molecule has 2 heterocycles. The fourth-order valence-electron chi connectivity index (χ4n) is 2.96. The third-order valence-corrected chi connectivity index (χ3v) is 4.12. The molecule has 1 atom stereocenters. The Morgan fingerprint density at radius 3 is 2.71 bits per heavy atom. The summed E-state index contributed by atoms with van der Waals surface area (Å²) in [6.07, 6.45) is 12.7. The van der Waals surface area contributed by atoms with Crippen LogP contribution in [0.25, 0.3) is 0 Å². The van der Waals surface area contributed by atoms with E-state index < -0.39 is 0 Å². The average molecular weight is 286 g/mol. The number of aromatic nitrogens is 4. The Bertz CT molecular complexity index is 546. The molecule has 112 valence electrons. The molecule has 1 saturated carbocycles. The zero-order valence-corrected chi connectivity index (χ0v) is 12.2. The Labute approximate surface area is 124 Å². The highest BCUT2D eigenvalue weighted by Crippen LogP contribution is 2.27. The third-order valence-electron chi connectivity index (χ3n) is 4.12. The number of nitrogens with two attached hydrogens (primary N) is 1. The second kappa shape index (κ2) is 6.78. The van der Waals surface area contributed by atoms with Gasteiger partial charge >= 0.3 is 0 Å². The normalized spacial score (nSPS) is 17.8. The maximum atomic E-state index is 5.64. The Morgan fingerprint density at radius 2 is 2.00 bits per heavy atom. The van der Waals surface area contributed by atoms with Crippen LogP contribution in [-0.2, 0) is 6.42 Å². The summed E-state index contributed by atoms with van der Waals surface area (Å²) in [7, 11) is 0. The molecule has 0 amide bonds. The molecular formula is C15H22N6. The molecule has 0 aliphatic heterocycles. The minimum absolute atomic E-state index is 0.110. The van der Waals surface area contributed by atoms with Gasteiger partial charge in [0.1, 0.15) is 5.82 Å². The lowest BCUT2D eigenvalue weighted by Crippen LogP contribution is -2.31. The first kappa shape index (κ1) is 14.2. The molecule has 3 rings (SSSR count). The van der Waals surface area contributed by atoms with E-state index in [1.807, 2.05) is 0 Å². The lowest BCUT2D eigenvalue weighted by Gasteiger charge is -2.21. The molecule has 21 heavy (non-hydrogen) atoms. The molecule has 0 spiro atoms. The predicted octanol–water partition coefficient (Wildman–Crippen LogP) is 1.93. The quantitative estimate of drug-likeness (QED) is 0.648. The Hall–Kier alpha value is -1.79. The van der Waals surface area contributed by atoms with Crippen LogP contribution in [-0.4, -0.2) is 19.7 Å². The van der Waals surface area contributed by atoms with Crippen LogP contribution < -0.4 is 11.3 Å². The molecule has 2 aromatic rings. The van der Waals surface area contributed by atoms with E-state index in [-0.39, 0.29) is 6.04 Å². The fraction of sp³-hybridized carbons (Fsp3) is 0.533. The number of nitrogens with zero attached hydrogens (tertiary/aromatic N) is 4. The highest BCUT2D eigenvalue weighted by atomic mass is 15.3. The van der Waals surface area contributed by atoms with Crippen molar-refractivity contribution in [2.45, 2.75) is 50.6 Å². The van der Waals surface area contributed by atoms with E-state index >= 15 is 0 Å². The van der Waals surface area contributed by atoms with Crippen molar-refractivity contribution in [3.05, 3.63) is 42.2 Å². The van der Waals surface area contributed by atoms with Crippen molar-refractivity contribution in [3.8, 4) is 0 Å². The number of rotatable bonds is 5. The number of hydrazine groups is 1. The number of nitrogens with one attached hydrogen (secondary N) is 1. The van der Waals surface area contributed by atoms with E-state index in [0.29, 0.717) is 18.3 Å². The Kier molecular flexibility index (Phi) is 4.57. The molecule has 0 radical (unpaired) electrons. The summed E-state index contributed by atoms with van der Waals surface area (Å²) in [6.45, 7) is 0. The summed E-state index contributed by atoms with van der Waals surface area (Å²) in [6, 6.07) is 4.32. The molecule has 6 nitrogen and oxygen atoms in total. The highest BCUT2D eigenvalue weighted by molar-refractivity contribution is 5.06. The van der Waals surface area contributed by atoms with Crippen molar-refractivity contribution in [3.63, 3.8) is 0 Å². The summed E-state index contributed by atoms with van der Waals surface area (Å²) in [5.41, 5.74) is 3.81. The van der Waals surface area contributed by atoms with E-state index in [0.717, 1.165) is 5.69 Å². The Balaban J connectivity index is 1.68. The zero-order valence-electron chi connectivity index (χ0n) is 12.2. The molecule has 0 aromatic carbocycles. The number of hydrogen-bond donors (Lipinski definition) is 2. The first-order chi connectivity index (χ1) is 10.4. The molecule has 0 saturated heterocycles. The van der Waals surface area contributed by atoms with Gasteiger partial charge in [0, 0.05) is 25.0 Å². The van der Waals surface area contributed by atoms with Crippen molar-refractivity contribution in [1.82, 2.24) is 25.2 Å². The summed E-state index contributed by atoms with van der Waals surface area (Å²) >= 11 is 0. The molecule has 0 bridgehead atoms. The summed E-state index contributed by atoms with van der Waals surface area (Å²) < 4.78 is 2.12. The van der Waals surface area contributed by atoms with Gasteiger partial charge < -0.3 is 0 Å². The van der Waals surface area contributed by atoms with Crippen LogP contribution in [0, 0.1) is 0 Å². The highest BCUT2D eigenvalue weighted by Gasteiger charge is 2.18. The van der Waals surface area contributed by atoms with E-state index in [1.54, 1.807) is 18.5 Å². The van der Waals surface area contributed by atoms with Crippen molar-refractivity contribution in [1.29, 1.82) is 0 Å². The van der Waals surface area contributed by atoms with Gasteiger partial charge in [-0.1, -0.05) is 19.3 Å². The standard InChI is InChI=1S/C15H22N6/c16-19-14(15-17-8-4-9-18-15)11-12-7-10-21(20-12)13-5-2-1-3-6-13/h4,7-10,13-14,19H,1-3,5-6,11,16H2. The van der Waals surface area contributed by atoms with Crippen molar-refractivity contribution in [2.24, 2.45) is 5.84 Å². The zero-order chi connectivity index (χ0) is 14.5. The summed E-state index contributed by atoms with van der Waals surface area (Å²) in [5, 5.41) is 4.71. The minimum atomic E-state index is -0.110. The summed E-state index contributed by atoms with van der Waals surface area (Å²) in [4.78, 5) is 8.51. The SMILES string of the molecule is NNC(Cc1ccn(C2CCCCC2)n1)c1ncccn1. The van der Waals surface area contributed by atoms with Gasteiger partial charge in [0.15, 0.2) is 0 Å². The lowest BCUT2D eigenvalue weighted by molar-refractivity contribution is 0.327. The van der Waals surface area contributed by atoms with E-state index in [1.165, 1.54) is 32.1 Å². The van der Waals surface area contributed by atoms with E-state index in [4.69, 9.17) is 10.9 Å². The van der Waals surface area contributed by atoms with Gasteiger partial charge in [-0.3, -0.25) is 10.5 Å². The van der Waals surface area contributed by atoms with Gasteiger partial charge in [0.05, 0.1) is 17.8 Å². The van der Waals surface area contributed by atoms with Crippen molar-refractivity contribution in [2.75, 3.05) is 0 Å². The predicted molar refractivity (Wildman–Crippen MR) is 80.1 cm³/mol. The first-order valence-corrected chi connectivity index (χ1v) is 7.64. The summed E-state index contributed by atoms with van der Waals surface area (Å²) in [5.74, 6) is 6.34. The van der Waals surface area contributed by atoms with Gasteiger partial charge in [0.2, 0.25) is 0 Å². The topological polar surface area (TPSA) is 81.6 Å². The van der Waals surface area contributed by atoms with Crippen LogP contribution in [0.15, 0.2) is 30.7 Å². The average Bonchev–Trinajstić information content (AvgIpc) is 3.03. The maximum Gasteiger partial charge on any atom is 0.146 e. The molecule has 1 unspecified atom stereocenters. The van der Waals surface area contributed by atoms with Crippen LogP contribution in [0.4, 0.5) is 0 Å². The van der Waals surface area contributed by atoms with Crippen LogP contribution in [0.3, 0.4) is 0 Å². The maximum absolute atomic E-state index is 5.64. The largest absolute Gasteiger partial charge is 0.271 e. The number of hydrogen-bond acceptors (Lipinski definition) is 5. The molecule has 1 aliphatic carbocycles. The van der Waals surface area contributed by atoms with Gasteiger partial charge in [0.25, 0.3) is 0 Å². The van der Waals surface area contributed by atoms with Gasteiger partial charge in [-0.25, -0.2) is 15.4 Å². The molecule has 6 heteroatoms. The van der Waals surface area contributed by atoms with Crippen LogP contribution in [0.5, 0.6) is 0 Å². The third kappa shape index (κ3) is 3.46. The monoisotopic (exact) mass is 286 g/mol. The second-order valence-electron chi connectivity index (χ2n) is 5.61. The van der Waals surface area contributed by atoms with Gasteiger partial charge in [-0.2, -0.15) is 5.10 Å². The lowest BCUT2D eigenvalue weighted by atomic mass is 9.96. The molecule has 2 aromatic heterocycles. The van der Waals surface area contributed by atoms with Crippen LogP contribution in [0.2, 0.25) is 0 Å². The smallest absolute Gasteiger partial charge is 0.146 e. The second-order valence-corrected chi connectivity index (χ2v) is 5.61. The van der Waals surface area contributed by atoms with E-state index in [2.05, 4.69) is 32.3 Å². The molecule has 1 aliphatic rings. The van der Waals surface area contributed by atoms with Crippen molar-refractivity contribution < 1.29 is 0 Å². The molecule has 3 N–H and O–H groups in total. The fourth-order valence-corrected chi connectivity index (χ4v) is 2.96. The van der Waals surface area contributed by atoms with Crippen LogP contribution in [0.1, 0.15) is 55.7 Å². The Morgan fingerprint density at radius 1 is 1.24 bits per heavy atom. The molecule has 1 fully saturated rings. The van der Waals surface area contributed by atoms with Gasteiger partial charge in [-0.15, -0.1) is 0 Å². The van der Waals surface area contributed by atoms with E-state index in [9.17, 15) is 0 Å². The first-order valence-electron chi connectivity index (χ1n) is 7.64. The van der Waals surface area contributed by atoms with Crippen LogP contribution >= 0.6 is 0 Å². The molecular weight excluding hydrogens is 264 g/mol.